The quantitative estimate of drug-likeness (QED) is 0.793. The summed E-state index contributed by atoms with van der Waals surface area (Å²) in [6, 6.07) is 10.7. The molecule has 130 valence electrons. The second-order valence-electron chi connectivity index (χ2n) is 6.74. The second-order valence-corrected chi connectivity index (χ2v) is 6.74. The van der Waals surface area contributed by atoms with Crippen LogP contribution < -0.4 is 5.32 Å². The third kappa shape index (κ3) is 4.63. The number of aliphatic hydroxyl groups excluding tert-OH is 1. The van der Waals surface area contributed by atoms with Crippen LogP contribution in [0.5, 0.6) is 0 Å². The molecule has 1 aliphatic heterocycles. The summed E-state index contributed by atoms with van der Waals surface area (Å²) in [4.78, 5) is 6.58. The number of fused-ring (bicyclic) bond motifs is 1. The van der Waals surface area contributed by atoms with Gasteiger partial charge in [0, 0.05) is 32.1 Å². The lowest BCUT2D eigenvalue weighted by Crippen LogP contribution is -2.44. The average molecular weight is 329 g/mol. The third-order valence-electron chi connectivity index (χ3n) is 4.42. The van der Waals surface area contributed by atoms with E-state index in [2.05, 4.69) is 32.4 Å². The van der Waals surface area contributed by atoms with Crippen LogP contribution in [0.2, 0.25) is 0 Å². The first-order valence-electron chi connectivity index (χ1n) is 8.64. The molecule has 0 unspecified atom stereocenters. The Kier molecular flexibility index (Phi) is 5.60. The lowest BCUT2D eigenvalue weighted by molar-refractivity contribution is 0.116. The first-order chi connectivity index (χ1) is 11.6. The van der Waals surface area contributed by atoms with Gasteiger partial charge in [0.25, 0.3) is 0 Å². The predicted molar refractivity (Wildman–Crippen MR) is 93.7 cm³/mol. The largest absolute Gasteiger partial charge is 0.390 e. The van der Waals surface area contributed by atoms with E-state index in [0.717, 1.165) is 37.6 Å². The molecule has 2 heterocycles. The maximum Gasteiger partial charge on any atom is 0.147 e. The zero-order valence-corrected chi connectivity index (χ0v) is 14.5. The summed E-state index contributed by atoms with van der Waals surface area (Å²) in [5.41, 5.74) is 1.27. The molecule has 1 aromatic heterocycles. The first-order valence-corrected chi connectivity index (χ1v) is 8.64. The molecule has 0 aliphatic carbocycles. The molecule has 6 heteroatoms. The molecule has 2 N–H and O–H groups in total. The number of aryl methyl sites for hydroxylation is 2. The second kappa shape index (κ2) is 7.88. The van der Waals surface area contributed by atoms with Crippen molar-refractivity contribution in [2.24, 2.45) is 0 Å². The van der Waals surface area contributed by atoms with Crippen molar-refractivity contribution in [3.8, 4) is 0 Å². The topological polar surface area (TPSA) is 66.2 Å². The van der Waals surface area contributed by atoms with E-state index in [1.807, 2.05) is 36.9 Å². The van der Waals surface area contributed by atoms with Gasteiger partial charge in [0.1, 0.15) is 11.6 Å². The maximum atomic E-state index is 10.3. The van der Waals surface area contributed by atoms with Crippen LogP contribution in [0.3, 0.4) is 0 Å². The van der Waals surface area contributed by atoms with Gasteiger partial charge >= 0.3 is 0 Å². The molecule has 0 amide bonds. The van der Waals surface area contributed by atoms with Gasteiger partial charge in [-0.3, -0.25) is 4.90 Å². The van der Waals surface area contributed by atoms with Crippen molar-refractivity contribution in [2.75, 3.05) is 20.1 Å². The Balaban J connectivity index is 1.40. The lowest BCUT2D eigenvalue weighted by atomic mass is 10.1. The third-order valence-corrected chi connectivity index (χ3v) is 4.42. The summed E-state index contributed by atoms with van der Waals surface area (Å²) in [5.74, 6) is 1.92. The number of nitrogens with one attached hydrogen (secondary N) is 1. The van der Waals surface area contributed by atoms with Gasteiger partial charge in [-0.25, -0.2) is 9.67 Å². The minimum Gasteiger partial charge on any atom is -0.390 e. The zero-order valence-electron chi connectivity index (χ0n) is 14.5. The van der Waals surface area contributed by atoms with Crippen molar-refractivity contribution in [1.29, 1.82) is 0 Å². The van der Waals surface area contributed by atoms with E-state index < -0.39 is 0 Å². The normalized spacial score (nSPS) is 18.6. The lowest BCUT2D eigenvalue weighted by Gasteiger charge is -2.26. The molecule has 1 aliphatic rings. The molecule has 0 saturated carbocycles. The molecule has 1 aromatic carbocycles. The van der Waals surface area contributed by atoms with Crippen molar-refractivity contribution in [2.45, 2.75) is 45.0 Å². The van der Waals surface area contributed by atoms with Crippen LogP contribution in [-0.4, -0.2) is 57.1 Å². The number of aromatic nitrogens is 3. The molecule has 24 heavy (non-hydrogen) atoms. The van der Waals surface area contributed by atoms with Gasteiger partial charge < -0.3 is 10.4 Å². The Hall–Kier alpha value is -1.76. The van der Waals surface area contributed by atoms with Crippen LogP contribution >= 0.6 is 0 Å². The fourth-order valence-corrected chi connectivity index (χ4v) is 3.29. The summed E-state index contributed by atoms with van der Waals surface area (Å²) in [7, 11) is 2.04. The van der Waals surface area contributed by atoms with Crippen molar-refractivity contribution in [1.82, 2.24) is 25.0 Å². The van der Waals surface area contributed by atoms with Crippen LogP contribution in [-0.2, 0) is 19.5 Å². The van der Waals surface area contributed by atoms with Gasteiger partial charge in [0.2, 0.25) is 0 Å². The van der Waals surface area contributed by atoms with E-state index in [-0.39, 0.29) is 6.10 Å². The summed E-state index contributed by atoms with van der Waals surface area (Å²) in [6.07, 6.45) is 1.62. The molecule has 2 aromatic rings. The smallest absolute Gasteiger partial charge is 0.147 e. The molecular weight excluding hydrogens is 302 g/mol. The highest BCUT2D eigenvalue weighted by atomic mass is 16.3. The number of nitrogens with zero attached hydrogens (tertiary/aromatic N) is 4. The number of rotatable bonds is 7. The van der Waals surface area contributed by atoms with Crippen LogP contribution in [0, 0.1) is 6.92 Å². The molecule has 0 fully saturated rings. The van der Waals surface area contributed by atoms with Crippen LogP contribution in [0.25, 0.3) is 0 Å². The summed E-state index contributed by atoms with van der Waals surface area (Å²) < 4.78 is 1.99. The maximum absolute atomic E-state index is 10.3. The molecular formula is C18H27N5O. The van der Waals surface area contributed by atoms with Gasteiger partial charge in [0.05, 0.1) is 12.6 Å². The van der Waals surface area contributed by atoms with Crippen molar-refractivity contribution >= 4 is 0 Å². The number of benzene rings is 1. The predicted octanol–water partition coefficient (Wildman–Crippen LogP) is 0.984. The Morgan fingerprint density at radius 1 is 1.38 bits per heavy atom. The highest BCUT2D eigenvalue weighted by Gasteiger charge is 2.21. The molecule has 0 saturated heterocycles. The Labute approximate surface area is 143 Å². The SMILES string of the molecule is Cc1nc2n(n1)C[C@H](NC[C@H](O)CN(C)Cc1ccccc1)CC2. The average Bonchev–Trinajstić information content (AvgIpc) is 2.93. The fourth-order valence-electron chi connectivity index (χ4n) is 3.29. The zero-order chi connectivity index (χ0) is 16.9. The minimum atomic E-state index is -0.377. The monoisotopic (exact) mass is 329 g/mol. The number of hydrogen-bond donors (Lipinski definition) is 2. The van der Waals surface area contributed by atoms with E-state index in [4.69, 9.17) is 0 Å². The Bertz CT molecular complexity index is 642. The molecule has 6 nitrogen and oxygen atoms in total. The molecule has 2 atom stereocenters. The van der Waals surface area contributed by atoms with Crippen LogP contribution in [0.1, 0.15) is 23.6 Å². The number of likely N-dealkylation sites (N-methyl/N-ethyl adjacent to an activating group) is 1. The highest BCUT2D eigenvalue weighted by Crippen LogP contribution is 2.12. The highest BCUT2D eigenvalue weighted by molar-refractivity contribution is 5.14. The summed E-state index contributed by atoms with van der Waals surface area (Å²) in [5, 5.41) is 18.2. The minimum absolute atomic E-state index is 0.354. The van der Waals surface area contributed by atoms with E-state index in [1.54, 1.807) is 0 Å². The number of aliphatic hydroxyl groups is 1. The van der Waals surface area contributed by atoms with Crippen molar-refractivity contribution < 1.29 is 5.11 Å². The van der Waals surface area contributed by atoms with Crippen LogP contribution in [0.4, 0.5) is 0 Å². The van der Waals surface area contributed by atoms with E-state index >= 15 is 0 Å². The van der Waals surface area contributed by atoms with Gasteiger partial charge in [-0.05, 0) is 26.0 Å². The fraction of sp³-hybridized carbons (Fsp3) is 0.556. The van der Waals surface area contributed by atoms with Crippen molar-refractivity contribution in [3.05, 3.63) is 47.5 Å². The van der Waals surface area contributed by atoms with E-state index in [0.29, 0.717) is 19.1 Å². The first kappa shape index (κ1) is 17.1. The van der Waals surface area contributed by atoms with Gasteiger partial charge in [-0.15, -0.1) is 0 Å². The van der Waals surface area contributed by atoms with Crippen LogP contribution in [0.15, 0.2) is 30.3 Å². The Morgan fingerprint density at radius 2 is 2.17 bits per heavy atom. The molecule has 0 bridgehead atoms. The van der Waals surface area contributed by atoms with E-state index in [9.17, 15) is 5.11 Å². The molecule has 0 spiro atoms. The summed E-state index contributed by atoms with van der Waals surface area (Å²) >= 11 is 0. The Morgan fingerprint density at radius 3 is 2.96 bits per heavy atom. The van der Waals surface area contributed by atoms with E-state index in [1.165, 1.54) is 5.56 Å². The molecule has 0 radical (unpaired) electrons. The summed E-state index contributed by atoms with van der Waals surface area (Å²) in [6.45, 7) is 4.88. The van der Waals surface area contributed by atoms with Gasteiger partial charge in [0.15, 0.2) is 0 Å². The van der Waals surface area contributed by atoms with Crippen molar-refractivity contribution in [3.63, 3.8) is 0 Å². The van der Waals surface area contributed by atoms with Gasteiger partial charge in [-0.2, -0.15) is 5.10 Å². The number of hydrogen-bond acceptors (Lipinski definition) is 5. The van der Waals surface area contributed by atoms with Gasteiger partial charge in [-0.1, -0.05) is 30.3 Å². The standard InChI is InChI=1S/C18H27N5O/c1-14-20-18-9-8-16(12-23(18)21-14)19-10-17(24)13-22(2)11-15-6-4-3-5-7-15/h3-7,16-17,19,24H,8-13H2,1-2H3/t16-,17+/m1/s1. The molecule has 3 rings (SSSR count).